The lowest BCUT2D eigenvalue weighted by atomic mass is 10.4. The van der Waals surface area contributed by atoms with Crippen molar-refractivity contribution >= 4 is 7.26 Å². The van der Waals surface area contributed by atoms with Crippen LogP contribution < -0.4 is 0 Å². The van der Waals surface area contributed by atoms with Gasteiger partial charge in [0.05, 0.1) is 26.3 Å². The Morgan fingerprint density at radius 1 is 1.13 bits per heavy atom. The predicted molar refractivity (Wildman–Crippen MR) is 73.1 cm³/mol. The van der Waals surface area contributed by atoms with Gasteiger partial charge in [-0.2, -0.15) is 0 Å². The minimum atomic E-state index is -0.863. The van der Waals surface area contributed by atoms with Gasteiger partial charge in [-0.05, 0) is 31.1 Å². The lowest BCUT2D eigenvalue weighted by Crippen LogP contribution is -2.03. The van der Waals surface area contributed by atoms with Crippen LogP contribution >= 0.6 is 7.26 Å². The highest BCUT2D eigenvalue weighted by atomic mass is 31.2. The average Bonchev–Trinajstić information content (AvgIpc) is 2.77. The maximum absolute atomic E-state index is 3.44. The van der Waals surface area contributed by atoms with E-state index in [9.17, 15) is 0 Å². The third-order valence-electron chi connectivity index (χ3n) is 3.17. The Labute approximate surface area is 95.5 Å². The van der Waals surface area contributed by atoms with Crippen molar-refractivity contribution in [1.82, 2.24) is 0 Å². The number of hydrogen-bond acceptors (Lipinski definition) is 0. The lowest BCUT2D eigenvalue weighted by Gasteiger charge is -2.21. The average molecular weight is 223 g/mol. The molecule has 0 unspecified atom stereocenters. The standard InChI is InChI=1S/C14H24P/c1-4-6-12-15(3,13-7-5-2)14-10-8-9-11-14/h8-10H,4-7,12-13H2,1-3H3/q+1. The summed E-state index contributed by atoms with van der Waals surface area (Å²) in [5.41, 5.74) is 3.44. The fourth-order valence-corrected chi connectivity index (χ4v) is 5.59. The molecule has 0 radical (unpaired) electrons. The zero-order chi connectivity index (χ0) is 11.1. The summed E-state index contributed by atoms with van der Waals surface area (Å²) in [5.74, 6) is 0. The van der Waals surface area contributed by atoms with E-state index in [1.807, 2.05) is 0 Å². The van der Waals surface area contributed by atoms with Gasteiger partial charge in [0, 0.05) is 0 Å². The molecule has 1 heteroatoms. The van der Waals surface area contributed by atoms with Crippen LogP contribution in [0.2, 0.25) is 0 Å². The Hall–Kier alpha value is -0.310. The Bertz CT molecular complexity index is 272. The monoisotopic (exact) mass is 223 g/mol. The van der Waals surface area contributed by atoms with Gasteiger partial charge in [0.25, 0.3) is 0 Å². The summed E-state index contributed by atoms with van der Waals surface area (Å²) in [6, 6.07) is 0. The van der Waals surface area contributed by atoms with Crippen molar-refractivity contribution in [2.24, 2.45) is 0 Å². The predicted octanol–water partition coefficient (Wildman–Crippen LogP) is 4.84. The number of rotatable bonds is 7. The molecule has 84 valence electrons. The second-order valence-electron chi connectivity index (χ2n) is 4.61. The van der Waals surface area contributed by atoms with Gasteiger partial charge in [0.2, 0.25) is 0 Å². The molecule has 0 N–H and O–H groups in total. The Kier molecular flexibility index (Phi) is 5.37. The molecule has 1 rings (SSSR count). The Balaban J connectivity index is 2.66. The fraction of sp³-hybridized carbons (Fsp3) is 0.643. The quantitative estimate of drug-likeness (QED) is 0.428. The third kappa shape index (κ3) is 3.63. The number of unbranched alkanes of at least 4 members (excludes halogenated alkanes) is 2. The van der Waals surface area contributed by atoms with Crippen LogP contribution in [0.4, 0.5) is 0 Å². The first kappa shape index (κ1) is 12.8. The van der Waals surface area contributed by atoms with Crippen LogP contribution in [0.1, 0.15) is 39.5 Å². The van der Waals surface area contributed by atoms with E-state index in [1.54, 1.807) is 0 Å². The molecule has 0 aromatic carbocycles. The van der Waals surface area contributed by atoms with E-state index in [-0.39, 0.29) is 0 Å². The van der Waals surface area contributed by atoms with Crippen LogP contribution in [-0.4, -0.2) is 19.0 Å². The minimum Gasteiger partial charge on any atom is -0.0753 e. The molecule has 0 spiro atoms. The summed E-state index contributed by atoms with van der Waals surface area (Å²) < 4.78 is 0. The molecule has 0 bridgehead atoms. The van der Waals surface area contributed by atoms with Crippen molar-refractivity contribution in [2.45, 2.75) is 39.5 Å². The molecular formula is C14H24P+. The van der Waals surface area contributed by atoms with E-state index in [1.165, 1.54) is 43.3 Å². The smallest absolute Gasteiger partial charge is 0.0753 e. The van der Waals surface area contributed by atoms with Crippen LogP contribution in [0, 0.1) is 0 Å². The van der Waals surface area contributed by atoms with E-state index in [2.05, 4.69) is 44.5 Å². The molecule has 0 nitrogen and oxygen atoms in total. The van der Waals surface area contributed by atoms with Crippen molar-refractivity contribution < 1.29 is 0 Å². The zero-order valence-corrected chi connectivity index (χ0v) is 11.3. The van der Waals surface area contributed by atoms with Crippen molar-refractivity contribution in [3.63, 3.8) is 0 Å². The van der Waals surface area contributed by atoms with Gasteiger partial charge < -0.3 is 0 Å². The van der Waals surface area contributed by atoms with Crippen molar-refractivity contribution in [3.8, 4) is 0 Å². The van der Waals surface area contributed by atoms with E-state index in [0.29, 0.717) is 0 Å². The molecule has 0 atom stereocenters. The van der Waals surface area contributed by atoms with Crippen molar-refractivity contribution in [1.29, 1.82) is 0 Å². The highest BCUT2D eigenvalue weighted by Crippen LogP contribution is 2.64. The summed E-state index contributed by atoms with van der Waals surface area (Å²) in [6.45, 7) is 7.10. The molecule has 0 fully saturated rings. The van der Waals surface area contributed by atoms with Crippen LogP contribution in [0.3, 0.4) is 0 Å². The van der Waals surface area contributed by atoms with Crippen LogP contribution in [0.15, 0.2) is 29.3 Å². The largest absolute Gasteiger partial charge is 0.135 e. The molecule has 0 heterocycles. The van der Waals surface area contributed by atoms with Crippen molar-refractivity contribution in [2.75, 3.05) is 19.0 Å². The van der Waals surface area contributed by atoms with Gasteiger partial charge in [-0.1, -0.05) is 32.4 Å². The second-order valence-corrected chi connectivity index (χ2v) is 8.77. The molecule has 15 heavy (non-hydrogen) atoms. The molecule has 0 aromatic heterocycles. The highest BCUT2D eigenvalue weighted by molar-refractivity contribution is 7.79. The molecule has 0 aromatic rings. The van der Waals surface area contributed by atoms with Gasteiger partial charge >= 0.3 is 0 Å². The van der Waals surface area contributed by atoms with E-state index < -0.39 is 7.26 Å². The molecule has 1 aliphatic carbocycles. The molecule has 1 aliphatic rings. The number of allylic oxidation sites excluding steroid dienone is 3. The van der Waals surface area contributed by atoms with Gasteiger partial charge in [-0.3, -0.25) is 0 Å². The summed E-state index contributed by atoms with van der Waals surface area (Å²) in [4.78, 5) is 0. The van der Waals surface area contributed by atoms with Gasteiger partial charge in [0.1, 0.15) is 5.31 Å². The summed E-state index contributed by atoms with van der Waals surface area (Å²) >= 11 is 0. The summed E-state index contributed by atoms with van der Waals surface area (Å²) in [7, 11) is -0.863. The van der Waals surface area contributed by atoms with Crippen LogP contribution in [-0.2, 0) is 0 Å². The van der Waals surface area contributed by atoms with Crippen molar-refractivity contribution in [3.05, 3.63) is 29.3 Å². The second kappa shape index (κ2) is 6.31. The first-order chi connectivity index (χ1) is 7.23. The van der Waals surface area contributed by atoms with Crippen LogP contribution in [0.25, 0.3) is 0 Å². The first-order valence-electron chi connectivity index (χ1n) is 6.21. The van der Waals surface area contributed by atoms with E-state index in [0.717, 1.165) is 0 Å². The fourth-order valence-electron chi connectivity index (χ4n) is 2.02. The zero-order valence-electron chi connectivity index (χ0n) is 10.4. The Morgan fingerprint density at radius 3 is 2.13 bits per heavy atom. The Morgan fingerprint density at radius 2 is 1.73 bits per heavy atom. The van der Waals surface area contributed by atoms with Gasteiger partial charge in [0.15, 0.2) is 0 Å². The third-order valence-corrected chi connectivity index (χ3v) is 7.22. The summed E-state index contributed by atoms with van der Waals surface area (Å²) in [6.07, 6.45) is 14.8. The molecule has 0 saturated carbocycles. The van der Waals surface area contributed by atoms with E-state index in [4.69, 9.17) is 0 Å². The van der Waals surface area contributed by atoms with E-state index >= 15 is 0 Å². The summed E-state index contributed by atoms with van der Waals surface area (Å²) in [5, 5.41) is 1.53. The molecular weight excluding hydrogens is 199 g/mol. The van der Waals surface area contributed by atoms with Gasteiger partial charge in [-0.15, -0.1) is 0 Å². The lowest BCUT2D eigenvalue weighted by molar-refractivity contribution is 0.864. The maximum Gasteiger partial charge on any atom is 0.135 e. The number of hydrogen-bond donors (Lipinski definition) is 0. The molecule has 0 amide bonds. The highest BCUT2D eigenvalue weighted by Gasteiger charge is 2.34. The minimum absolute atomic E-state index is 0.863. The molecule has 0 aliphatic heterocycles. The normalized spacial score (nSPS) is 14.7. The maximum atomic E-state index is 3.44. The SMILES string of the molecule is CCCC[P+](C)(CCCC)C1=C=CC=C1. The van der Waals surface area contributed by atoms with Gasteiger partial charge in [-0.25, -0.2) is 0 Å². The molecule has 0 saturated heterocycles. The first-order valence-corrected chi connectivity index (χ1v) is 8.82. The van der Waals surface area contributed by atoms with Crippen LogP contribution in [0.5, 0.6) is 0 Å². The topological polar surface area (TPSA) is 0 Å².